The van der Waals surface area contributed by atoms with Gasteiger partial charge in [0.05, 0.1) is 11.3 Å². The van der Waals surface area contributed by atoms with E-state index in [1.165, 1.54) is 18.2 Å². The Balaban J connectivity index is 1.97. The van der Waals surface area contributed by atoms with Crippen LogP contribution in [0.25, 0.3) is 0 Å². The van der Waals surface area contributed by atoms with Gasteiger partial charge in [0.25, 0.3) is 11.8 Å². The molecule has 0 fully saturated rings. The van der Waals surface area contributed by atoms with Crippen molar-refractivity contribution in [2.75, 3.05) is 18.5 Å². The number of hydrogen-bond donors (Lipinski definition) is 2. The highest BCUT2D eigenvalue weighted by Crippen LogP contribution is 2.17. The largest absolute Gasteiger partial charge is 0.484 e. The maximum absolute atomic E-state index is 12.2. The molecule has 0 bridgehead atoms. The standard InChI is InChI=1S/C17H15F3N2O3/c18-17(19,20)11-21-16(24)13-8-4-5-9-14(13)22-15(23)10-25-12-6-2-1-3-7-12/h1-9H,10-11H2,(H,21,24)(H,22,23). The maximum atomic E-state index is 12.2. The summed E-state index contributed by atoms with van der Waals surface area (Å²) in [6.45, 7) is -1.76. The molecule has 2 aromatic rings. The second kappa shape index (κ2) is 8.18. The van der Waals surface area contributed by atoms with Crippen molar-refractivity contribution in [1.29, 1.82) is 0 Å². The van der Waals surface area contributed by atoms with Crippen LogP contribution in [0.5, 0.6) is 5.75 Å². The molecule has 2 N–H and O–H groups in total. The van der Waals surface area contributed by atoms with E-state index in [-0.39, 0.29) is 17.9 Å². The number of benzene rings is 2. The summed E-state index contributed by atoms with van der Waals surface area (Å²) in [5, 5.41) is 4.22. The van der Waals surface area contributed by atoms with Gasteiger partial charge in [-0.15, -0.1) is 0 Å². The van der Waals surface area contributed by atoms with Gasteiger partial charge in [0.2, 0.25) is 0 Å². The van der Waals surface area contributed by atoms with Crippen molar-refractivity contribution in [2.45, 2.75) is 6.18 Å². The molecule has 132 valence electrons. The summed E-state index contributed by atoms with van der Waals surface area (Å²) in [5.74, 6) is -0.981. The zero-order chi connectivity index (χ0) is 18.3. The number of amides is 2. The monoisotopic (exact) mass is 352 g/mol. The summed E-state index contributed by atoms with van der Waals surface area (Å²) in [4.78, 5) is 23.8. The van der Waals surface area contributed by atoms with E-state index in [9.17, 15) is 22.8 Å². The van der Waals surface area contributed by atoms with Crippen molar-refractivity contribution in [1.82, 2.24) is 5.32 Å². The fourth-order valence-electron chi connectivity index (χ4n) is 1.92. The Kier molecular flexibility index (Phi) is 5.99. The first kappa shape index (κ1) is 18.3. The second-order valence-electron chi connectivity index (χ2n) is 4.99. The summed E-state index contributed by atoms with van der Waals surface area (Å²) < 4.78 is 41.9. The third kappa shape index (κ3) is 6.17. The van der Waals surface area contributed by atoms with Crippen LogP contribution in [0.15, 0.2) is 54.6 Å². The summed E-state index contributed by atoms with van der Waals surface area (Å²) >= 11 is 0. The molecule has 0 atom stereocenters. The number of para-hydroxylation sites is 2. The number of anilines is 1. The molecule has 0 aliphatic carbocycles. The van der Waals surface area contributed by atoms with Crippen molar-refractivity contribution in [2.24, 2.45) is 0 Å². The van der Waals surface area contributed by atoms with Crippen LogP contribution >= 0.6 is 0 Å². The van der Waals surface area contributed by atoms with Gasteiger partial charge in [-0.25, -0.2) is 0 Å². The van der Waals surface area contributed by atoms with E-state index in [1.54, 1.807) is 41.7 Å². The van der Waals surface area contributed by atoms with Crippen LogP contribution < -0.4 is 15.4 Å². The lowest BCUT2D eigenvalue weighted by atomic mass is 10.1. The molecule has 2 amide bonds. The van der Waals surface area contributed by atoms with E-state index in [1.807, 2.05) is 0 Å². The molecule has 2 aromatic carbocycles. The number of carbonyl (C=O) groups excluding carboxylic acids is 2. The van der Waals surface area contributed by atoms with Gasteiger partial charge in [0.1, 0.15) is 12.3 Å². The van der Waals surface area contributed by atoms with E-state index in [2.05, 4.69) is 5.32 Å². The fourth-order valence-corrected chi connectivity index (χ4v) is 1.92. The molecular weight excluding hydrogens is 337 g/mol. The molecular formula is C17H15F3N2O3. The Morgan fingerprint density at radius 2 is 1.60 bits per heavy atom. The summed E-state index contributed by atoms with van der Waals surface area (Å²) in [5.41, 5.74) is 0.0312. The van der Waals surface area contributed by atoms with Crippen molar-refractivity contribution >= 4 is 17.5 Å². The molecule has 2 rings (SSSR count). The average Bonchev–Trinajstić information content (AvgIpc) is 2.59. The molecule has 0 aromatic heterocycles. The van der Waals surface area contributed by atoms with Crippen molar-refractivity contribution in [3.05, 3.63) is 60.2 Å². The number of rotatable bonds is 6. The Hall–Kier alpha value is -3.03. The first-order valence-electron chi connectivity index (χ1n) is 7.27. The molecule has 0 heterocycles. The maximum Gasteiger partial charge on any atom is 0.405 e. The molecule has 5 nitrogen and oxygen atoms in total. The predicted molar refractivity (Wildman–Crippen MR) is 85.4 cm³/mol. The molecule has 0 aliphatic heterocycles. The minimum absolute atomic E-state index is 0.0696. The van der Waals surface area contributed by atoms with Gasteiger partial charge in [-0.2, -0.15) is 13.2 Å². The van der Waals surface area contributed by atoms with Crippen molar-refractivity contribution < 1.29 is 27.5 Å². The third-order valence-electron chi connectivity index (χ3n) is 3.01. The first-order valence-corrected chi connectivity index (χ1v) is 7.27. The van der Waals surface area contributed by atoms with Gasteiger partial charge in [0, 0.05) is 0 Å². The quantitative estimate of drug-likeness (QED) is 0.840. The van der Waals surface area contributed by atoms with E-state index < -0.39 is 24.5 Å². The summed E-state index contributed by atoms with van der Waals surface area (Å²) in [7, 11) is 0. The van der Waals surface area contributed by atoms with Crippen molar-refractivity contribution in [3.8, 4) is 5.75 Å². The zero-order valence-corrected chi connectivity index (χ0v) is 13.0. The van der Waals surface area contributed by atoms with E-state index in [0.29, 0.717) is 5.75 Å². The van der Waals surface area contributed by atoms with Gasteiger partial charge < -0.3 is 15.4 Å². The lowest BCUT2D eigenvalue weighted by Crippen LogP contribution is -2.34. The number of hydrogen-bond acceptors (Lipinski definition) is 3. The van der Waals surface area contributed by atoms with E-state index in [4.69, 9.17) is 4.74 Å². The van der Waals surface area contributed by atoms with Gasteiger partial charge >= 0.3 is 6.18 Å². The first-order chi connectivity index (χ1) is 11.8. The second-order valence-corrected chi connectivity index (χ2v) is 4.99. The Morgan fingerprint density at radius 3 is 2.28 bits per heavy atom. The zero-order valence-electron chi connectivity index (χ0n) is 13.0. The number of ether oxygens (including phenoxy) is 1. The van der Waals surface area contributed by atoms with Gasteiger partial charge in [-0.1, -0.05) is 30.3 Å². The normalized spacial score (nSPS) is 10.8. The minimum atomic E-state index is -4.52. The molecule has 0 saturated heterocycles. The smallest absolute Gasteiger partial charge is 0.405 e. The number of halogens is 3. The Labute approximate surface area is 141 Å². The molecule has 0 unspecified atom stereocenters. The SMILES string of the molecule is O=C(COc1ccccc1)Nc1ccccc1C(=O)NCC(F)(F)F. The summed E-state index contributed by atoms with van der Waals surface area (Å²) in [6.07, 6.45) is -4.52. The average molecular weight is 352 g/mol. The van der Waals surface area contributed by atoms with Crippen molar-refractivity contribution in [3.63, 3.8) is 0 Å². The number of nitrogens with one attached hydrogen (secondary N) is 2. The third-order valence-corrected chi connectivity index (χ3v) is 3.01. The van der Waals surface area contributed by atoms with Crippen LogP contribution in [0, 0.1) is 0 Å². The lowest BCUT2D eigenvalue weighted by molar-refractivity contribution is -0.123. The lowest BCUT2D eigenvalue weighted by Gasteiger charge is -2.13. The van der Waals surface area contributed by atoms with E-state index >= 15 is 0 Å². The molecule has 0 aliphatic rings. The Morgan fingerprint density at radius 1 is 0.960 bits per heavy atom. The van der Waals surface area contributed by atoms with Crippen LogP contribution in [0.2, 0.25) is 0 Å². The van der Waals surface area contributed by atoms with Crippen LogP contribution in [0.3, 0.4) is 0 Å². The van der Waals surface area contributed by atoms with Crippen LogP contribution in [0.4, 0.5) is 18.9 Å². The molecule has 8 heteroatoms. The number of alkyl halides is 3. The highest BCUT2D eigenvalue weighted by atomic mass is 19.4. The van der Waals surface area contributed by atoms with E-state index in [0.717, 1.165) is 0 Å². The summed E-state index contributed by atoms with van der Waals surface area (Å²) in [6, 6.07) is 14.4. The van der Waals surface area contributed by atoms with Crippen LogP contribution in [-0.4, -0.2) is 31.1 Å². The molecule has 25 heavy (non-hydrogen) atoms. The molecule has 0 radical (unpaired) electrons. The molecule has 0 spiro atoms. The fraction of sp³-hybridized carbons (Fsp3) is 0.176. The predicted octanol–water partition coefficient (Wildman–Crippen LogP) is 3.00. The minimum Gasteiger partial charge on any atom is -0.484 e. The van der Waals surface area contributed by atoms with Crippen LogP contribution in [0.1, 0.15) is 10.4 Å². The van der Waals surface area contributed by atoms with Crippen LogP contribution in [-0.2, 0) is 4.79 Å². The highest BCUT2D eigenvalue weighted by molar-refractivity contribution is 6.04. The molecule has 0 saturated carbocycles. The Bertz CT molecular complexity index is 733. The van der Waals surface area contributed by atoms with Gasteiger partial charge in [-0.3, -0.25) is 9.59 Å². The van der Waals surface area contributed by atoms with Gasteiger partial charge in [-0.05, 0) is 24.3 Å². The highest BCUT2D eigenvalue weighted by Gasteiger charge is 2.28. The van der Waals surface area contributed by atoms with Gasteiger partial charge in [0.15, 0.2) is 6.61 Å². The topological polar surface area (TPSA) is 67.4 Å². The number of carbonyl (C=O) groups is 2.